The van der Waals surface area contributed by atoms with E-state index in [1.165, 1.54) is 0 Å². The largest absolute Gasteiger partial charge is 0.463 e. The molecule has 0 amide bonds. The summed E-state index contributed by atoms with van der Waals surface area (Å²) < 4.78 is 6.23. The Kier molecular flexibility index (Phi) is 4.17. The van der Waals surface area contributed by atoms with Crippen molar-refractivity contribution >= 4 is 38.6 Å². The summed E-state index contributed by atoms with van der Waals surface area (Å²) in [5, 5.41) is 4.88. The molecule has 0 aliphatic heterocycles. The summed E-state index contributed by atoms with van der Waals surface area (Å²) in [5.74, 6) is 0.698. The molecule has 0 radical (unpaired) electrons. The third kappa shape index (κ3) is 3.40. The second-order valence-electron chi connectivity index (χ2n) is 4.32. The zero-order valence-corrected chi connectivity index (χ0v) is 13.6. The van der Waals surface area contributed by atoms with E-state index in [-0.39, 0.29) is 0 Å². The van der Waals surface area contributed by atoms with Gasteiger partial charge < -0.3 is 4.42 Å². The van der Waals surface area contributed by atoms with Crippen LogP contribution in [0.5, 0.6) is 0 Å². The summed E-state index contributed by atoms with van der Waals surface area (Å²) in [6.45, 7) is 2.05. The maximum atomic E-state index is 5.17. The van der Waals surface area contributed by atoms with Crippen molar-refractivity contribution in [1.29, 1.82) is 0 Å². The molecule has 1 aromatic carbocycles. The van der Waals surface area contributed by atoms with Crippen LogP contribution in [0.1, 0.15) is 10.6 Å². The Bertz CT molecular complexity index is 748. The highest BCUT2D eigenvalue weighted by molar-refractivity contribution is 9.10. The lowest BCUT2D eigenvalue weighted by Gasteiger charge is -1.98. The quantitative estimate of drug-likeness (QED) is 0.529. The number of aromatic nitrogens is 1. The zero-order valence-electron chi connectivity index (χ0n) is 11.2. The average molecular weight is 362 g/mol. The predicted octanol–water partition coefficient (Wildman–Crippen LogP) is 4.92. The van der Waals surface area contributed by atoms with Crippen LogP contribution in [0.3, 0.4) is 0 Å². The van der Waals surface area contributed by atoms with Crippen LogP contribution in [-0.4, -0.2) is 11.2 Å². The van der Waals surface area contributed by atoms with Gasteiger partial charge in [0, 0.05) is 14.9 Å². The summed E-state index contributed by atoms with van der Waals surface area (Å²) in [6.07, 6.45) is 3.23. The molecule has 0 unspecified atom stereocenters. The van der Waals surface area contributed by atoms with Crippen molar-refractivity contribution in [2.24, 2.45) is 5.10 Å². The molecule has 21 heavy (non-hydrogen) atoms. The summed E-state index contributed by atoms with van der Waals surface area (Å²) in [7, 11) is 0. The minimum absolute atomic E-state index is 0.698. The van der Waals surface area contributed by atoms with Crippen LogP contribution in [0.25, 0.3) is 11.3 Å². The van der Waals surface area contributed by atoms with Gasteiger partial charge in [0.15, 0.2) is 0 Å². The van der Waals surface area contributed by atoms with E-state index >= 15 is 0 Å². The Morgan fingerprint density at radius 3 is 2.81 bits per heavy atom. The standard InChI is InChI=1S/C15H12BrN3OS/c1-10-14(11-4-6-12(16)7-5-11)18-15(21-10)19-17-9-13-3-2-8-20-13/h2-9H,1H3,(H,18,19)/b17-9-. The highest BCUT2D eigenvalue weighted by Gasteiger charge is 2.09. The number of benzene rings is 1. The summed E-state index contributed by atoms with van der Waals surface area (Å²) in [6, 6.07) is 11.8. The number of furan rings is 1. The van der Waals surface area contributed by atoms with Crippen LogP contribution in [0, 0.1) is 6.92 Å². The SMILES string of the molecule is Cc1sc(N/N=C\c2ccco2)nc1-c1ccc(Br)cc1. The van der Waals surface area contributed by atoms with E-state index in [4.69, 9.17) is 4.42 Å². The summed E-state index contributed by atoms with van der Waals surface area (Å²) in [5.41, 5.74) is 5.00. The van der Waals surface area contributed by atoms with Gasteiger partial charge in [-0.2, -0.15) is 5.10 Å². The number of rotatable bonds is 4. The molecule has 3 rings (SSSR count). The number of thiazole rings is 1. The summed E-state index contributed by atoms with van der Waals surface area (Å²) in [4.78, 5) is 5.72. The van der Waals surface area contributed by atoms with Crippen molar-refractivity contribution < 1.29 is 4.42 Å². The maximum absolute atomic E-state index is 5.17. The van der Waals surface area contributed by atoms with Crippen molar-refractivity contribution in [2.75, 3.05) is 5.43 Å². The second kappa shape index (κ2) is 6.24. The molecular formula is C15H12BrN3OS. The average Bonchev–Trinajstić information content (AvgIpc) is 3.10. The van der Waals surface area contributed by atoms with Gasteiger partial charge in [-0.3, -0.25) is 5.43 Å². The third-order valence-corrected chi connectivity index (χ3v) is 4.21. The van der Waals surface area contributed by atoms with Crippen LogP contribution < -0.4 is 5.43 Å². The molecule has 0 spiro atoms. The van der Waals surface area contributed by atoms with Gasteiger partial charge in [-0.05, 0) is 31.2 Å². The number of aryl methyl sites for hydroxylation is 1. The number of hydrogen-bond acceptors (Lipinski definition) is 5. The normalized spacial score (nSPS) is 11.1. The molecule has 106 valence electrons. The Balaban J connectivity index is 1.76. The number of halogens is 1. The molecule has 3 aromatic rings. The van der Waals surface area contributed by atoms with Crippen LogP contribution in [-0.2, 0) is 0 Å². The fourth-order valence-electron chi connectivity index (χ4n) is 1.84. The molecule has 0 fully saturated rings. The van der Waals surface area contributed by atoms with E-state index < -0.39 is 0 Å². The molecule has 0 bridgehead atoms. The smallest absolute Gasteiger partial charge is 0.204 e. The molecule has 0 saturated carbocycles. The summed E-state index contributed by atoms with van der Waals surface area (Å²) >= 11 is 5.01. The molecule has 0 aliphatic rings. The molecule has 1 N–H and O–H groups in total. The Labute approximate surface area is 134 Å². The first kappa shape index (κ1) is 14.0. The van der Waals surface area contributed by atoms with E-state index in [0.29, 0.717) is 5.76 Å². The van der Waals surface area contributed by atoms with Gasteiger partial charge in [-0.15, -0.1) is 11.3 Å². The third-order valence-electron chi connectivity index (χ3n) is 2.81. The number of nitrogens with one attached hydrogen (secondary N) is 1. The van der Waals surface area contributed by atoms with Gasteiger partial charge >= 0.3 is 0 Å². The Morgan fingerprint density at radius 1 is 1.29 bits per heavy atom. The van der Waals surface area contributed by atoms with E-state index in [2.05, 4.69) is 38.4 Å². The van der Waals surface area contributed by atoms with Crippen LogP contribution in [0.2, 0.25) is 0 Å². The van der Waals surface area contributed by atoms with Gasteiger partial charge in [0.2, 0.25) is 5.13 Å². The fraction of sp³-hybridized carbons (Fsp3) is 0.0667. The lowest BCUT2D eigenvalue weighted by Crippen LogP contribution is -1.89. The minimum atomic E-state index is 0.698. The van der Waals surface area contributed by atoms with Crippen LogP contribution in [0.4, 0.5) is 5.13 Å². The van der Waals surface area contributed by atoms with Gasteiger partial charge in [0.25, 0.3) is 0 Å². The number of anilines is 1. The van der Waals surface area contributed by atoms with E-state index in [1.54, 1.807) is 23.8 Å². The molecule has 0 saturated heterocycles. The van der Waals surface area contributed by atoms with Crippen LogP contribution >= 0.6 is 27.3 Å². The lowest BCUT2D eigenvalue weighted by atomic mass is 10.1. The molecule has 0 atom stereocenters. The Hall–Kier alpha value is -1.92. The lowest BCUT2D eigenvalue weighted by molar-refractivity contribution is 0.560. The highest BCUT2D eigenvalue weighted by atomic mass is 79.9. The van der Waals surface area contributed by atoms with E-state index in [0.717, 1.165) is 25.7 Å². The second-order valence-corrected chi connectivity index (χ2v) is 6.43. The predicted molar refractivity (Wildman–Crippen MR) is 89.9 cm³/mol. The molecule has 2 aromatic heterocycles. The van der Waals surface area contributed by atoms with Gasteiger partial charge in [0.1, 0.15) is 5.76 Å². The minimum Gasteiger partial charge on any atom is -0.463 e. The van der Waals surface area contributed by atoms with Gasteiger partial charge in [-0.1, -0.05) is 28.1 Å². The molecule has 2 heterocycles. The first-order chi connectivity index (χ1) is 10.2. The zero-order chi connectivity index (χ0) is 14.7. The van der Waals surface area contributed by atoms with Crippen LogP contribution in [0.15, 0.2) is 56.7 Å². The molecule has 6 heteroatoms. The number of nitrogens with zero attached hydrogens (tertiary/aromatic N) is 2. The highest BCUT2D eigenvalue weighted by Crippen LogP contribution is 2.30. The molecule has 4 nitrogen and oxygen atoms in total. The first-order valence-corrected chi connectivity index (χ1v) is 7.89. The monoisotopic (exact) mass is 361 g/mol. The van der Waals surface area contributed by atoms with Crippen molar-refractivity contribution in [3.05, 3.63) is 57.8 Å². The topological polar surface area (TPSA) is 50.4 Å². The maximum Gasteiger partial charge on any atom is 0.204 e. The molecular weight excluding hydrogens is 350 g/mol. The van der Waals surface area contributed by atoms with Gasteiger partial charge in [0.05, 0.1) is 18.2 Å². The van der Waals surface area contributed by atoms with E-state index in [9.17, 15) is 0 Å². The van der Waals surface area contributed by atoms with Crippen molar-refractivity contribution in [2.45, 2.75) is 6.92 Å². The Morgan fingerprint density at radius 2 is 2.10 bits per heavy atom. The number of hydrazone groups is 1. The fourth-order valence-corrected chi connectivity index (χ4v) is 2.89. The van der Waals surface area contributed by atoms with Crippen molar-refractivity contribution in [1.82, 2.24) is 4.98 Å². The van der Waals surface area contributed by atoms with Crippen molar-refractivity contribution in [3.8, 4) is 11.3 Å². The number of hydrogen-bond donors (Lipinski definition) is 1. The van der Waals surface area contributed by atoms with Crippen molar-refractivity contribution in [3.63, 3.8) is 0 Å². The van der Waals surface area contributed by atoms with Gasteiger partial charge in [-0.25, -0.2) is 4.98 Å². The molecule has 0 aliphatic carbocycles. The first-order valence-electron chi connectivity index (χ1n) is 6.28. The van der Waals surface area contributed by atoms with E-state index in [1.807, 2.05) is 36.4 Å².